The first-order valence-corrected chi connectivity index (χ1v) is 11.0. The maximum Gasteiger partial charge on any atom is 0.335 e. The summed E-state index contributed by atoms with van der Waals surface area (Å²) in [5.41, 5.74) is 8.27. The highest BCUT2D eigenvalue weighted by atomic mass is 16.7. The Morgan fingerprint density at radius 1 is 1.11 bits per heavy atom. The lowest BCUT2D eigenvalue weighted by molar-refractivity contribution is -0.301. The highest BCUT2D eigenvalue weighted by molar-refractivity contribution is 5.75. The lowest BCUT2D eigenvalue weighted by Gasteiger charge is -2.47. The number of H-pyrrole nitrogens is 2. The second-order valence-electron chi connectivity index (χ2n) is 8.67. The minimum atomic E-state index is -2.22. The fourth-order valence-corrected chi connectivity index (χ4v) is 4.20. The molecule has 2 amide bonds. The van der Waals surface area contributed by atoms with E-state index in [-0.39, 0.29) is 6.42 Å². The van der Waals surface area contributed by atoms with Gasteiger partial charge in [0.2, 0.25) is 0 Å². The first kappa shape index (κ1) is 29.1. The average molecular weight is 549 g/mol. The van der Waals surface area contributed by atoms with Crippen molar-refractivity contribution in [1.82, 2.24) is 15.3 Å². The molecule has 1 aromatic heterocycles. The molecule has 212 valence electrons. The number of aliphatic hydroxyl groups is 4. The number of carbonyl (C=O) groups is 3. The number of primary amides is 1. The molecule has 19 heteroatoms. The predicted octanol–water partition coefficient (Wildman–Crippen LogP) is -6.02. The molecule has 0 unspecified atom stereocenters. The van der Waals surface area contributed by atoms with Crippen molar-refractivity contribution < 1.29 is 59.2 Å². The summed E-state index contributed by atoms with van der Waals surface area (Å²) < 4.78 is 15.9. The summed E-state index contributed by atoms with van der Waals surface area (Å²) >= 11 is 0. The Hall–Kier alpha value is -3.43. The minimum Gasteiger partial charge on any atom is -0.479 e. The Kier molecular flexibility index (Phi) is 8.84. The fraction of sp³-hybridized carbons (Fsp3) is 0.632. The number of hydrogen-bond donors (Lipinski definition) is 11. The topological polar surface area (TPSA) is 330 Å². The van der Waals surface area contributed by atoms with Gasteiger partial charge in [-0.25, -0.2) is 19.2 Å². The van der Waals surface area contributed by atoms with Gasteiger partial charge in [0.25, 0.3) is 5.56 Å². The maximum absolute atomic E-state index is 12.1. The van der Waals surface area contributed by atoms with Crippen LogP contribution in [0.15, 0.2) is 15.8 Å². The van der Waals surface area contributed by atoms with Gasteiger partial charge in [-0.05, 0) is 0 Å². The number of aliphatic carboxylic acids is 2. The number of ether oxygens (including phenoxy) is 3. The smallest absolute Gasteiger partial charge is 0.335 e. The molecule has 2 fully saturated rings. The average Bonchev–Trinajstić information content (AvgIpc) is 2.82. The minimum absolute atomic E-state index is 0.318. The monoisotopic (exact) mass is 549 g/mol. The quantitative estimate of drug-likeness (QED) is 0.144. The third-order valence-corrected chi connectivity index (χ3v) is 6.11. The number of nitrogens with two attached hydrogens (primary N) is 2. The van der Waals surface area contributed by atoms with Gasteiger partial charge in [0.05, 0.1) is 11.6 Å². The molecule has 0 radical (unpaired) electrons. The van der Waals surface area contributed by atoms with Gasteiger partial charge in [0.15, 0.2) is 18.5 Å². The van der Waals surface area contributed by atoms with Crippen LogP contribution in [0.5, 0.6) is 0 Å². The molecule has 0 saturated carbocycles. The summed E-state index contributed by atoms with van der Waals surface area (Å²) in [5.74, 6) is -3.24. The SMILES string of the molecule is NC(=O)N[C@H]1[C@@H](O)[C@H]([C@@H](O)[C@@H](O)c2c[nH]c(=O)[nH]c2=O)O[C@H](C(=O)O)[C@@H]1O[C@@H]1O[C@H](C(=O)O)C[C@@H](N)[C@H]1O. The molecular weight excluding hydrogens is 522 g/mol. The molecule has 3 rings (SSSR count). The van der Waals surface area contributed by atoms with Gasteiger partial charge in [0, 0.05) is 18.7 Å². The number of nitrogens with one attached hydrogen (secondary N) is 3. The summed E-state index contributed by atoms with van der Waals surface area (Å²) in [5, 5.41) is 63.5. The first-order valence-electron chi connectivity index (χ1n) is 11.0. The van der Waals surface area contributed by atoms with E-state index in [0.29, 0.717) is 0 Å². The van der Waals surface area contributed by atoms with Gasteiger partial charge in [-0.15, -0.1) is 0 Å². The molecule has 2 aliphatic rings. The van der Waals surface area contributed by atoms with Crippen LogP contribution >= 0.6 is 0 Å². The molecule has 0 aliphatic carbocycles. The molecule has 0 spiro atoms. The summed E-state index contributed by atoms with van der Waals surface area (Å²) in [4.78, 5) is 62.2. The van der Waals surface area contributed by atoms with E-state index in [4.69, 9.17) is 25.7 Å². The number of aliphatic hydroxyl groups excluding tert-OH is 4. The second-order valence-corrected chi connectivity index (χ2v) is 8.67. The Labute approximate surface area is 210 Å². The number of aromatic nitrogens is 2. The van der Waals surface area contributed by atoms with E-state index < -0.39 is 102 Å². The van der Waals surface area contributed by atoms with Gasteiger partial charge in [-0.1, -0.05) is 0 Å². The zero-order valence-electron chi connectivity index (χ0n) is 19.2. The van der Waals surface area contributed by atoms with Crippen molar-refractivity contribution in [2.24, 2.45) is 11.5 Å². The molecule has 13 N–H and O–H groups in total. The number of amides is 2. The van der Waals surface area contributed by atoms with E-state index >= 15 is 0 Å². The van der Waals surface area contributed by atoms with Crippen LogP contribution in [-0.2, 0) is 23.8 Å². The van der Waals surface area contributed by atoms with E-state index in [1.165, 1.54) is 0 Å². The molecule has 0 bridgehead atoms. The van der Waals surface area contributed by atoms with Gasteiger partial charge in [0.1, 0.15) is 36.6 Å². The summed E-state index contributed by atoms with van der Waals surface area (Å²) in [6, 6.07) is -4.31. The second kappa shape index (κ2) is 11.5. The molecular formula is C19H27N5O14. The fourth-order valence-electron chi connectivity index (χ4n) is 4.20. The van der Waals surface area contributed by atoms with E-state index in [2.05, 4.69) is 4.98 Å². The lowest BCUT2D eigenvalue weighted by atomic mass is 9.87. The Morgan fingerprint density at radius 2 is 1.76 bits per heavy atom. The van der Waals surface area contributed by atoms with Crippen molar-refractivity contribution in [1.29, 1.82) is 0 Å². The largest absolute Gasteiger partial charge is 0.479 e. The Bertz CT molecular complexity index is 1160. The maximum atomic E-state index is 12.1. The van der Waals surface area contributed by atoms with Crippen molar-refractivity contribution in [3.8, 4) is 0 Å². The normalized spacial score (nSPS) is 35.1. The van der Waals surface area contributed by atoms with Crippen molar-refractivity contribution in [3.63, 3.8) is 0 Å². The third-order valence-electron chi connectivity index (χ3n) is 6.11. The standard InChI is InChI=1S/C19H27N5O14/c20-4-1-5(15(30)31)36-17(8(4)26)38-11-6(23-18(21)34)9(27)12(37-13(11)16(32)33)10(28)7(25)3-2-22-19(35)24-14(3)29/h2,4-13,17,25-28H,1,20H2,(H,30,31)(H,32,33)(H3,21,23,34)(H2,22,24,29,35)/t4-,5+,6+,7+,8-,9-,10+,11-,12-,13+,17+/m1/s1. The van der Waals surface area contributed by atoms with Gasteiger partial charge >= 0.3 is 23.7 Å². The van der Waals surface area contributed by atoms with Crippen LogP contribution in [0.2, 0.25) is 0 Å². The van der Waals surface area contributed by atoms with Crippen molar-refractivity contribution in [2.45, 2.75) is 73.6 Å². The Balaban J connectivity index is 1.94. The number of hydrogen-bond acceptors (Lipinski definition) is 13. The predicted molar refractivity (Wildman–Crippen MR) is 117 cm³/mol. The Morgan fingerprint density at radius 3 is 2.32 bits per heavy atom. The van der Waals surface area contributed by atoms with Crippen LogP contribution in [-0.4, -0.2) is 120 Å². The summed E-state index contributed by atoms with van der Waals surface area (Å²) in [7, 11) is 0. The molecule has 2 aliphatic heterocycles. The molecule has 1 aromatic rings. The van der Waals surface area contributed by atoms with E-state index in [9.17, 15) is 54.6 Å². The van der Waals surface area contributed by atoms with Crippen LogP contribution in [0.3, 0.4) is 0 Å². The summed E-state index contributed by atoms with van der Waals surface area (Å²) in [6.07, 6.45) is -17.2. The molecule has 19 nitrogen and oxygen atoms in total. The van der Waals surface area contributed by atoms with Crippen LogP contribution in [0.1, 0.15) is 18.1 Å². The number of aromatic amines is 2. The molecule has 2 saturated heterocycles. The van der Waals surface area contributed by atoms with Crippen molar-refractivity contribution in [2.75, 3.05) is 0 Å². The number of urea groups is 1. The number of carboxylic acids is 2. The lowest BCUT2D eigenvalue weighted by Crippen LogP contribution is -2.70. The summed E-state index contributed by atoms with van der Waals surface area (Å²) in [6.45, 7) is 0. The highest BCUT2D eigenvalue weighted by Crippen LogP contribution is 2.32. The number of carbonyl (C=O) groups excluding carboxylic acids is 1. The van der Waals surface area contributed by atoms with Crippen LogP contribution in [0, 0.1) is 0 Å². The third kappa shape index (κ3) is 6.00. The zero-order chi connectivity index (χ0) is 28.5. The molecule has 0 aromatic carbocycles. The molecule has 11 atom stereocenters. The first-order chi connectivity index (χ1) is 17.7. The van der Waals surface area contributed by atoms with Gasteiger partial charge in [-0.3, -0.25) is 9.78 Å². The van der Waals surface area contributed by atoms with E-state index in [0.717, 1.165) is 6.20 Å². The van der Waals surface area contributed by atoms with E-state index in [1.54, 1.807) is 4.98 Å². The number of rotatable bonds is 8. The molecule has 3 heterocycles. The van der Waals surface area contributed by atoms with Crippen molar-refractivity contribution >= 4 is 18.0 Å². The van der Waals surface area contributed by atoms with E-state index in [1.807, 2.05) is 5.32 Å². The highest BCUT2D eigenvalue weighted by Gasteiger charge is 2.54. The van der Waals surface area contributed by atoms with Gasteiger partial charge in [-0.2, -0.15) is 0 Å². The van der Waals surface area contributed by atoms with Crippen molar-refractivity contribution in [3.05, 3.63) is 32.6 Å². The molecule has 38 heavy (non-hydrogen) atoms. The van der Waals surface area contributed by atoms with Gasteiger partial charge < -0.3 is 66.6 Å². The number of carboxylic acid groups (broad SMARTS) is 2. The van der Waals surface area contributed by atoms with Crippen LogP contribution in [0.4, 0.5) is 4.79 Å². The van der Waals surface area contributed by atoms with Crippen LogP contribution < -0.4 is 28.0 Å². The van der Waals surface area contributed by atoms with Crippen LogP contribution in [0.25, 0.3) is 0 Å². The zero-order valence-corrected chi connectivity index (χ0v) is 19.2.